The Morgan fingerprint density at radius 2 is 1.85 bits per heavy atom. The van der Waals surface area contributed by atoms with E-state index in [9.17, 15) is 4.79 Å². The van der Waals surface area contributed by atoms with Gasteiger partial charge in [0.2, 0.25) is 5.91 Å². The summed E-state index contributed by atoms with van der Waals surface area (Å²) in [6.07, 6.45) is 6.56. The summed E-state index contributed by atoms with van der Waals surface area (Å²) >= 11 is 0. The Morgan fingerprint density at radius 3 is 2.70 bits per heavy atom. The summed E-state index contributed by atoms with van der Waals surface area (Å²) in [6.45, 7) is 3.04. The third-order valence-corrected chi connectivity index (χ3v) is 6.16. The van der Waals surface area contributed by atoms with Gasteiger partial charge < -0.3 is 10.6 Å². The van der Waals surface area contributed by atoms with Crippen molar-refractivity contribution in [3.63, 3.8) is 0 Å². The van der Waals surface area contributed by atoms with Gasteiger partial charge in [0.05, 0.1) is 17.4 Å². The molecule has 0 aliphatic heterocycles. The Labute approximate surface area is 193 Å². The number of fused-ring (bicyclic) bond motifs is 2. The maximum atomic E-state index is 11.7. The fraction of sp³-hybridized carbons (Fsp3) is 0.308. The number of carbonyl (C=O) groups is 1. The largest absolute Gasteiger partial charge is 0.366 e. The second-order valence-corrected chi connectivity index (χ2v) is 8.38. The van der Waals surface area contributed by atoms with Gasteiger partial charge in [-0.1, -0.05) is 49.4 Å². The number of nitrogens with zero attached hydrogens (tertiary/aromatic N) is 4. The van der Waals surface area contributed by atoms with Gasteiger partial charge in [-0.05, 0) is 42.9 Å². The van der Waals surface area contributed by atoms with Crippen LogP contribution in [0.2, 0.25) is 0 Å². The van der Waals surface area contributed by atoms with Crippen LogP contribution in [0, 0.1) is 0 Å². The molecular formula is C26H28N6O. The van der Waals surface area contributed by atoms with Crippen molar-refractivity contribution in [2.45, 2.75) is 52.1 Å². The van der Waals surface area contributed by atoms with Crippen LogP contribution >= 0.6 is 0 Å². The first kappa shape index (κ1) is 21.1. The summed E-state index contributed by atoms with van der Waals surface area (Å²) < 4.78 is 1.81. The number of hydrogen-bond acceptors (Lipinski definition) is 5. The minimum atomic E-state index is 0.0338. The third kappa shape index (κ3) is 4.44. The molecule has 0 fully saturated rings. The van der Waals surface area contributed by atoms with Crippen molar-refractivity contribution in [1.29, 1.82) is 0 Å². The molecule has 0 saturated heterocycles. The molecule has 5 rings (SSSR count). The molecule has 0 saturated carbocycles. The van der Waals surface area contributed by atoms with Crippen molar-refractivity contribution in [3.8, 4) is 5.95 Å². The summed E-state index contributed by atoms with van der Waals surface area (Å²) in [6, 6.07) is 16.4. The zero-order valence-electron chi connectivity index (χ0n) is 18.8. The van der Waals surface area contributed by atoms with E-state index >= 15 is 0 Å². The molecule has 168 valence electrons. The molecule has 2 aromatic heterocycles. The van der Waals surface area contributed by atoms with Gasteiger partial charge in [0.25, 0.3) is 5.95 Å². The molecule has 1 aliphatic carbocycles. The predicted octanol–water partition coefficient (Wildman–Crippen LogP) is 4.33. The second-order valence-electron chi connectivity index (χ2n) is 8.38. The molecule has 7 heteroatoms. The van der Waals surface area contributed by atoms with Gasteiger partial charge in [-0.15, -0.1) is 0 Å². The molecule has 0 atom stereocenters. The maximum Gasteiger partial charge on any atom is 0.253 e. The number of rotatable bonds is 7. The second kappa shape index (κ2) is 9.40. The summed E-state index contributed by atoms with van der Waals surface area (Å²) in [5.41, 5.74) is 5.51. The van der Waals surface area contributed by atoms with Crippen LogP contribution in [0.5, 0.6) is 0 Å². The summed E-state index contributed by atoms with van der Waals surface area (Å²) in [7, 11) is 0. The molecule has 2 heterocycles. The Hall–Kier alpha value is -3.74. The fourth-order valence-corrected chi connectivity index (χ4v) is 4.35. The Bertz CT molecular complexity index is 1280. The minimum Gasteiger partial charge on any atom is -0.366 e. The number of amides is 1. The fourth-order valence-electron chi connectivity index (χ4n) is 4.35. The van der Waals surface area contributed by atoms with Crippen molar-refractivity contribution in [3.05, 3.63) is 77.1 Å². The smallest absolute Gasteiger partial charge is 0.253 e. The van der Waals surface area contributed by atoms with Crippen LogP contribution in [0.15, 0.2) is 54.7 Å². The van der Waals surface area contributed by atoms with E-state index in [-0.39, 0.29) is 5.91 Å². The number of aryl methyl sites for hydroxylation is 1. The molecule has 1 aliphatic rings. The minimum absolute atomic E-state index is 0.0338. The van der Waals surface area contributed by atoms with E-state index in [1.54, 1.807) is 0 Å². The van der Waals surface area contributed by atoms with Crippen molar-refractivity contribution in [1.82, 2.24) is 25.1 Å². The Kier molecular flexibility index (Phi) is 6.02. The van der Waals surface area contributed by atoms with Gasteiger partial charge in [-0.3, -0.25) is 4.79 Å². The first-order chi connectivity index (χ1) is 16.2. The van der Waals surface area contributed by atoms with E-state index in [0.717, 1.165) is 53.7 Å². The molecule has 33 heavy (non-hydrogen) atoms. The van der Waals surface area contributed by atoms with E-state index in [2.05, 4.69) is 27.9 Å². The van der Waals surface area contributed by atoms with Crippen LogP contribution in [0.1, 0.15) is 48.6 Å². The van der Waals surface area contributed by atoms with E-state index in [1.807, 2.05) is 54.2 Å². The summed E-state index contributed by atoms with van der Waals surface area (Å²) in [4.78, 5) is 21.6. The van der Waals surface area contributed by atoms with Crippen LogP contribution in [-0.2, 0) is 30.7 Å². The monoisotopic (exact) mass is 440 g/mol. The normalized spacial score (nSPS) is 13.0. The van der Waals surface area contributed by atoms with Crippen molar-refractivity contribution < 1.29 is 4.79 Å². The molecule has 0 bridgehead atoms. The number of benzene rings is 2. The van der Waals surface area contributed by atoms with Gasteiger partial charge in [0.1, 0.15) is 5.82 Å². The topological polar surface area (TPSA) is 84.7 Å². The Morgan fingerprint density at radius 1 is 1.00 bits per heavy atom. The molecule has 0 unspecified atom stereocenters. The van der Waals surface area contributed by atoms with Crippen molar-refractivity contribution in [2.75, 3.05) is 5.32 Å². The van der Waals surface area contributed by atoms with Crippen LogP contribution < -0.4 is 10.6 Å². The Balaban J connectivity index is 1.50. The van der Waals surface area contributed by atoms with Crippen LogP contribution in [0.25, 0.3) is 16.9 Å². The summed E-state index contributed by atoms with van der Waals surface area (Å²) in [5.74, 6) is 1.51. The molecule has 1 amide bonds. The quantitative estimate of drug-likeness (QED) is 0.447. The van der Waals surface area contributed by atoms with Crippen LogP contribution in [-0.4, -0.2) is 25.7 Å². The highest BCUT2D eigenvalue weighted by Crippen LogP contribution is 2.28. The highest BCUT2D eigenvalue weighted by Gasteiger charge is 2.20. The highest BCUT2D eigenvalue weighted by atomic mass is 16.1. The van der Waals surface area contributed by atoms with Gasteiger partial charge in [0.15, 0.2) is 0 Å². The lowest BCUT2D eigenvalue weighted by Crippen LogP contribution is -2.21. The maximum absolute atomic E-state index is 11.7. The van der Waals surface area contributed by atoms with E-state index < -0.39 is 0 Å². The lowest BCUT2D eigenvalue weighted by molar-refractivity contribution is -0.120. The number of aromatic nitrogens is 4. The molecular weight excluding hydrogens is 412 g/mol. The molecule has 0 spiro atoms. The van der Waals surface area contributed by atoms with Gasteiger partial charge >= 0.3 is 0 Å². The van der Waals surface area contributed by atoms with Gasteiger partial charge in [-0.25, -0.2) is 4.98 Å². The molecule has 7 nitrogen and oxygen atoms in total. The zero-order chi connectivity index (χ0) is 22.6. The first-order valence-corrected chi connectivity index (χ1v) is 11.6. The third-order valence-electron chi connectivity index (χ3n) is 6.16. The lowest BCUT2D eigenvalue weighted by atomic mass is 9.96. The van der Waals surface area contributed by atoms with Crippen molar-refractivity contribution >= 4 is 22.6 Å². The predicted molar refractivity (Wildman–Crippen MR) is 129 cm³/mol. The summed E-state index contributed by atoms with van der Waals surface area (Å²) in [5, 5.41) is 12.1. The zero-order valence-corrected chi connectivity index (χ0v) is 18.8. The van der Waals surface area contributed by atoms with Crippen LogP contribution in [0.3, 0.4) is 0 Å². The number of anilines is 1. The van der Waals surface area contributed by atoms with Crippen molar-refractivity contribution in [2.24, 2.45) is 0 Å². The van der Waals surface area contributed by atoms with E-state index in [0.29, 0.717) is 25.5 Å². The molecule has 0 radical (unpaired) electrons. The van der Waals surface area contributed by atoms with E-state index in [4.69, 9.17) is 9.97 Å². The molecule has 2 N–H and O–H groups in total. The lowest BCUT2D eigenvalue weighted by Gasteiger charge is -2.20. The standard InChI is InChI=1S/C26H28N6O/c1-2-24(33)27-16-19-11-8-14-23-21(19)17-29-32(23)26-30-22-13-7-6-12-20(22)25(31-26)28-15-18-9-4-3-5-10-18/h3-5,8-11,14,17H,2,6-7,12-13,15-16H2,1H3,(H,27,33)(H,28,30,31). The number of nitrogens with one attached hydrogen (secondary N) is 2. The molecule has 2 aromatic carbocycles. The number of carbonyl (C=O) groups excluding carboxylic acids is 1. The average Bonchev–Trinajstić information content (AvgIpc) is 3.31. The van der Waals surface area contributed by atoms with Gasteiger partial charge in [0, 0.05) is 30.5 Å². The number of hydrogen-bond donors (Lipinski definition) is 2. The SMILES string of the molecule is CCC(=O)NCc1cccc2c1cnn2-c1nc2c(c(NCc3ccccc3)n1)CCCC2. The molecule has 4 aromatic rings. The van der Waals surface area contributed by atoms with E-state index in [1.165, 1.54) is 11.1 Å². The van der Waals surface area contributed by atoms with Gasteiger partial charge in [-0.2, -0.15) is 14.8 Å². The van der Waals surface area contributed by atoms with Crippen LogP contribution in [0.4, 0.5) is 5.82 Å². The first-order valence-electron chi connectivity index (χ1n) is 11.6. The average molecular weight is 441 g/mol. The highest BCUT2D eigenvalue weighted by molar-refractivity contribution is 5.84.